The lowest BCUT2D eigenvalue weighted by Gasteiger charge is -2.35. The average Bonchev–Trinajstić information content (AvgIpc) is 2.51. The second kappa shape index (κ2) is 4.56. The molecule has 1 atom stereocenters. The van der Waals surface area contributed by atoms with E-state index in [1.54, 1.807) is 0 Å². The first-order valence-corrected chi connectivity index (χ1v) is 6.41. The smallest absolute Gasteiger partial charge is 0.399 e. The summed E-state index contributed by atoms with van der Waals surface area (Å²) in [5.41, 5.74) is 1.66. The van der Waals surface area contributed by atoms with Gasteiger partial charge in [0.2, 0.25) is 0 Å². The molecule has 0 aliphatic carbocycles. The molecule has 1 aliphatic heterocycles. The lowest BCUT2D eigenvalue weighted by atomic mass is 9.79. The van der Waals surface area contributed by atoms with E-state index in [1.807, 2.05) is 6.08 Å². The fourth-order valence-corrected chi connectivity index (χ4v) is 2.22. The van der Waals surface area contributed by atoms with Crippen LogP contribution < -0.4 is 5.46 Å². The lowest BCUT2D eigenvalue weighted by molar-refractivity contribution is -0.00668. The van der Waals surface area contributed by atoms with Crippen molar-refractivity contribution < 1.29 is 9.31 Å². The van der Waals surface area contributed by atoms with E-state index in [4.69, 9.17) is 9.31 Å². The first-order chi connectivity index (χ1) is 8.38. The van der Waals surface area contributed by atoms with Gasteiger partial charge in [0.25, 0.3) is 0 Å². The first-order valence-electron chi connectivity index (χ1n) is 6.41. The van der Waals surface area contributed by atoms with Gasteiger partial charge in [0, 0.05) is 0 Å². The Hall–Kier alpha value is -1.06. The molecule has 0 spiro atoms. The van der Waals surface area contributed by atoms with Gasteiger partial charge < -0.3 is 9.31 Å². The Morgan fingerprint density at radius 1 is 1.17 bits per heavy atom. The molecule has 1 aromatic rings. The zero-order chi connectivity index (χ0) is 13.4. The molecule has 1 aliphatic rings. The summed E-state index contributed by atoms with van der Waals surface area (Å²) in [5, 5.41) is 0. The van der Waals surface area contributed by atoms with Gasteiger partial charge in [-0.25, -0.2) is 0 Å². The van der Waals surface area contributed by atoms with E-state index in [0.29, 0.717) is 0 Å². The second-order valence-electron chi connectivity index (χ2n) is 5.71. The lowest BCUT2D eigenvalue weighted by Crippen LogP contribution is -2.44. The molecule has 1 unspecified atom stereocenters. The van der Waals surface area contributed by atoms with Crippen LogP contribution in [0.15, 0.2) is 36.9 Å². The summed E-state index contributed by atoms with van der Waals surface area (Å²) in [4.78, 5) is 0. The Balaban J connectivity index is 2.24. The number of hydrogen-bond acceptors (Lipinski definition) is 2. The highest BCUT2D eigenvalue weighted by atomic mass is 16.7. The van der Waals surface area contributed by atoms with Gasteiger partial charge in [-0.1, -0.05) is 35.9 Å². The normalized spacial score (nSPS) is 26.3. The topological polar surface area (TPSA) is 18.5 Å². The molecule has 1 aromatic carbocycles. The van der Waals surface area contributed by atoms with Crippen molar-refractivity contribution >= 4 is 12.6 Å². The zero-order valence-electron chi connectivity index (χ0n) is 11.7. The standard InChI is InChI=1S/C15H21BO2/c1-6-11-15(5)14(3,4)17-16(18-15)13-9-7-12(2)8-10-13/h6-10H,1,11H2,2-5H3. The van der Waals surface area contributed by atoms with Crippen molar-refractivity contribution in [2.24, 2.45) is 0 Å². The van der Waals surface area contributed by atoms with Gasteiger partial charge in [0.1, 0.15) is 0 Å². The minimum atomic E-state index is -0.329. The minimum absolute atomic E-state index is 0.287. The van der Waals surface area contributed by atoms with Gasteiger partial charge in [-0.2, -0.15) is 0 Å². The van der Waals surface area contributed by atoms with Gasteiger partial charge in [0.15, 0.2) is 0 Å². The fourth-order valence-electron chi connectivity index (χ4n) is 2.22. The van der Waals surface area contributed by atoms with Crippen molar-refractivity contribution in [1.82, 2.24) is 0 Å². The van der Waals surface area contributed by atoms with Crippen LogP contribution in [-0.2, 0) is 9.31 Å². The van der Waals surface area contributed by atoms with E-state index in [1.165, 1.54) is 5.56 Å². The molecule has 1 saturated heterocycles. The molecule has 1 fully saturated rings. The molecular formula is C15H21BO2. The van der Waals surface area contributed by atoms with E-state index < -0.39 is 0 Å². The molecule has 3 heteroatoms. The summed E-state index contributed by atoms with van der Waals surface area (Å²) in [6, 6.07) is 8.29. The zero-order valence-corrected chi connectivity index (χ0v) is 11.7. The third kappa shape index (κ3) is 2.25. The molecule has 2 rings (SSSR count). The molecule has 0 aromatic heterocycles. The van der Waals surface area contributed by atoms with Gasteiger partial charge in [-0.3, -0.25) is 0 Å². The molecule has 2 nitrogen and oxygen atoms in total. The monoisotopic (exact) mass is 244 g/mol. The quantitative estimate of drug-likeness (QED) is 0.601. The number of aryl methyl sites for hydroxylation is 1. The van der Waals surface area contributed by atoms with Crippen LogP contribution in [0, 0.1) is 6.92 Å². The van der Waals surface area contributed by atoms with Crippen LogP contribution in [0.3, 0.4) is 0 Å². The summed E-state index contributed by atoms with van der Waals surface area (Å²) in [6.07, 6.45) is 2.67. The highest BCUT2D eigenvalue weighted by Gasteiger charge is 2.53. The first kappa shape index (κ1) is 13.4. The van der Waals surface area contributed by atoms with E-state index in [-0.39, 0.29) is 18.3 Å². The molecule has 0 radical (unpaired) electrons. The number of hydrogen-bond donors (Lipinski definition) is 0. The third-order valence-electron chi connectivity index (χ3n) is 3.93. The van der Waals surface area contributed by atoms with Crippen molar-refractivity contribution in [3.8, 4) is 0 Å². The highest BCUT2D eigenvalue weighted by molar-refractivity contribution is 6.62. The predicted molar refractivity (Wildman–Crippen MR) is 76.0 cm³/mol. The van der Waals surface area contributed by atoms with Crippen LogP contribution in [0.5, 0.6) is 0 Å². The van der Waals surface area contributed by atoms with E-state index >= 15 is 0 Å². The van der Waals surface area contributed by atoms with Gasteiger partial charge in [-0.15, -0.1) is 6.58 Å². The minimum Gasteiger partial charge on any atom is -0.399 e. The van der Waals surface area contributed by atoms with Crippen LogP contribution in [0.2, 0.25) is 0 Å². The van der Waals surface area contributed by atoms with Crippen LogP contribution in [0.25, 0.3) is 0 Å². The summed E-state index contributed by atoms with van der Waals surface area (Å²) >= 11 is 0. The maximum Gasteiger partial charge on any atom is 0.494 e. The fraction of sp³-hybridized carbons (Fsp3) is 0.467. The molecule has 1 heterocycles. The van der Waals surface area contributed by atoms with E-state index in [2.05, 4.69) is 58.5 Å². The maximum absolute atomic E-state index is 6.14. The summed E-state index contributed by atoms with van der Waals surface area (Å²) < 4.78 is 12.2. The predicted octanol–water partition coefficient (Wildman–Crippen LogP) is 2.85. The third-order valence-corrected chi connectivity index (χ3v) is 3.93. The van der Waals surface area contributed by atoms with E-state index in [9.17, 15) is 0 Å². The second-order valence-corrected chi connectivity index (χ2v) is 5.71. The van der Waals surface area contributed by atoms with Crippen molar-refractivity contribution in [3.63, 3.8) is 0 Å². The van der Waals surface area contributed by atoms with Crippen molar-refractivity contribution in [1.29, 1.82) is 0 Å². The molecular weight excluding hydrogens is 223 g/mol. The highest BCUT2D eigenvalue weighted by Crippen LogP contribution is 2.39. The molecule has 18 heavy (non-hydrogen) atoms. The Morgan fingerprint density at radius 3 is 2.33 bits per heavy atom. The van der Waals surface area contributed by atoms with Crippen molar-refractivity contribution in [3.05, 3.63) is 42.5 Å². The molecule has 96 valence electrons. The molecule has 0 N–H and O–H groups in total. The van der Waals surface area contributed by atoms with Crippen molar-refractivity contribution in [2.75, 3.05) is 0 Å². The van der Waals surface area contributed by atoms with Crippen molar-refractivity contribution in [2.45, 2.75) is 45.3 Å². The molecule has 0 saturated carbocycles. The summed E-state index contributed by atoms with van der Waals surface area (Å²) in [6.45, 7) is 12.1. The van der Waals surface area contributed by atoms with Crippen LogP contribution in [0.1, 0.15) is 32.8 Å². The maximum atomic E-state index is 6.14. The Kier molecular flexibility index (Phi) is 3.39. The number of rotatable bonds is 3. The summed E-state index contributed by atoms with van der Waals surface area (Å²) in [5.74, 6) is 0. The summed E-state index contributed by atoms with van der Waals surface area (Å²) in [7, 11) is -0.287. The Bertz CT molecular complexity index is 438. The van der Waals surface area contributed by atoms with Crippen LogP contribution in [-0.4, -0.2) is 18.3 Å². The van der Waals surface area contributed by atoms with Crippen LogP contribution >= 0.6 is 0 Å². The largest absolute Gasteiger partial charge is 0.494 e. The SMILES string of the molecule is C=CCC1(C)OB(c2ccc(C)cc2)OC1(C)C. The van der Waals surface area contributed by atoms with E-state index in [0.717, 1.165) is 11.9 Å². The molecule has 0 amide bonds. The Morgan fingerprint density at radius 2 is 1.78 bits per heavy atom. The van der Waals surface area contributed by atoms with Gasteiger partial charge in [-0.05, 0) is 39.6 Å². The molecule has 0 bridgehead atoms. The average molecular weight is 244 g/mol. The number of benzene rings is 1. The van der Waals surface area contributed by atoms with Gasteiger partial charge in [0.05, 0.1) is 11.2 Å². The van der Waals surface area contributed by atoms with Gasteiger partial charge >= 0.3 is 7.12 Å². The van der Waals surface area contributed by atoms with Crippen LogP contribution in [0.4, 0.5) is 0 Å². The Labute approximate surface area is 110 Å².